The van der Waals surface area contributed by atoms with Gasteiger partial charge in [0.25, 0.3) is 0 Å². The normalized spacial score (nSPS) is 23.3. The molecule has 4 heteroatoms. The zero-order valence-electron chi connectivity index (χ0n) is 8.96. The van der Waals surface area contributed by atoms with Crippen LogP contribution in [0.1, 0.15) is 13.8 Å². The first-order valence-electron chi connectivity index (χ1n) is 5.06. The number of pyridine rings is 1. The Kier molecular flexibility index (Phi) is 2.85. The summed E-state index contributed by atoms with van der Waals surface area (Å²) in [6.45, 7) is 6.20. The highest BCUT2D eigenvalue weighted by atomic mass is 35.5. The molecule has 1 aliphatic heterocycles. The fourth-order valence-corrected chi connectivity index (χ4v) is 1.68. The number of nitrogens with zero attached hydrogens (tertiary/aromatic N) is 1. The van der Waals surface area contributed by atoms with Gasteiger partial charge >= 0.3 is 0 Å². The van der Waals surface area contributed by atoms with Gasteiger partial charge in [0.1, 0.15) is 17.5 Å². The zero-order chi connectivity index (χ0) is 10.9. The molecule has 0 bridgehead atoms. The lowest BCUT2D eigenvalue weighted by Gasteiger charge is -2.45. The molecule has 1 aromatic rings. The maximum Gasteiger partial charge on any atom is 0.137 e. The molecule has 0 radical (unpaired) electrons. The van der Waals surface area contributed by atoms with Crippen molar-refractivity contribution in [3.05, 3.63) is 23.5 Å². The topological polar surface area (TPSA) is 34.1 Å². The molecule has 0 spiro atoms. The summed E-state index contributed by atoms with van der Waals surface area (Å²) in [5.74, 6) is 0.768. The third-order valence-corrected chi connectivity index (χ3v) is 3.09. The Morgan fingerprint density at radius 1 is 1.60 bits per heavy atom. The van der Waals surface area contributed by atoms with E-state index in [0.29, 0.717) is 23.2 Å². The van der Waals surface area contributed by atoms with Crippen molar-refractivity contribution in [2.45, 2.75) is 19.9 Å². The van der Waals surface area contributed by atoms with Crippen LogP contribution in [0.5, 0.6) is 5.75 Å². The first-order valence-corrected chi connectivity index (χ1v) is 5.43. The van der Waals surface area contributed by atoms with Gasteiger partial charge in [-0.05, 0) is 17.5 Å². The van der Waals surface area contributed by atoms with E-state index < -0.39 is 0 Å². The smallest absolute Gasteiger partial charge is 0.137 e. The highest BCUT2D eigenvalue weighted by molar-refractivity contribution is 6.29. The maximum atomic E-state index is 5.68. The monoisotopic (exact) mass is 226 g/mol. The molecule has 2 rings (SSSR count). The van der Waals surface area contributed by atoms with Crippen LogP contribution in [-0.4, -0.2) is 24.2 Å². The molecule has 0 unspecified atom stereocenters. The lowest BCUT2D eigenvalue weighted by molar-refractivity contribution is 0.0784. The van der Waals surface area contributed by atoms with Crippen LogP contribution >= 0.6 is 11.6 Å². The van der Waals surface area contributed by atoms with Gasteiger partial charge in [-0.2, -0.15) is 0 Å². The molecule has 1 fully saturated rings. The number of ether oxygens (including phenoxy) is 1. The Hall–Kier alpha value is -0.800. The summed E-state index contributed by atoms with van der Waals surface area (Å²) >= 11 is 5.68. The minimum atomic E-state index is 0.333. The summed E-state index contributed by atoms with van der Waals surface area (Å²) in [6.07, 6.45) is 1.65. The molecule has 1 aromatic heterocycles. The molecule has 1 atom stereocenters. The highest BCUT2D eigenvalue weighted by Gasteiger charge is 2.38. The van der Waals surface area contributed by atoms with Crippen molar-refractivity contribution in [1.29, 1.82) is 0 Å². The van der Waals surface area contributed by atoms with Gasteiger partial charge in [-0.25, -0.2) is 4.98 Å². The van der Waals surface area contributed by atoms with Gasteiger partial charge in [-0.1, -0.05) is 25.4 Å². The molecule has 0 saturated carbocycles. The highest BCUT2D eigenvalue weighted by Crippen LogP contribution is 2.28. The van der Waals surface area contributed by atoms with Crippen LogP contribution in [0.4, 0.5) is 0 Å². The van der Waals surface area contributed by atoms with Crippen molar-refractivity contribution in [2.75, 3.05) is 13.2 Å². The van der Waals surface area contributed by atoms with Crippen LogP contribution in [0.2, 0.25) is 5.15 Å². The van der Waals surface area contributed by atoms with Crippen LogP contribution in [-0.2, 0) is 0 Å². The van der Waals surface area contributed by atoms with Crippen LogP contribution in [0.15, 0.2) is 18.3 Å². The summed E-state index contributed by atoms with van der Waals surface area (Å²) in [5.41, 5.74) is 0.333. The van der Waals surface area contributed by atoms with Crippen molar-refractivity contribution in [2.24, 2.45) is 5.41 Å². The second kappa shape index (κ2) is 3.99. The summed E-state index contributed by atoms with van der Waals surface area (Å²) in [6, 6.07) is 3.99. The Morgan fingerprint density at radius 3 is 2.87 bits per heavy atom. The fourth-order valence-electron chi connectivity index (χ4n) is 1.57. The Labute approximate surface area is 94.8 Å². The first kappa shape index (κ1) is 10.7. The number of rotatable bonds is 3. The minimum absolute atomic E-state index is 0.333. The maximum absolute atomic E-state index is 5.68. The van der Waals surface area contributed by atoms with E-state index in [1.165, 1.54) is 0 Å². The van der Waals surface area contributed by atoms with Crippen LogP contribution < -0.4 is 10.1 Å². The van der Waals surface area contributed by atoms with E-state index in [4.69, 9.17) is 16.3 Å². The lowest BCUT2D eigenvalue weighted by atomic mass is 9.78. The predicted molar refractivity (Wildman–Crippen MR) is 60.3 cm³/mol. The van der Waals surface area contributed by atoms with Gasteiger partial charge < -0.3 is 10.1 Å². The van der Waals surface area contributed by atoms with Gasteiger partial charge in [0.2, 0.25) is 0 Å². The third kappa shape index (κ3) is 2.41. The van der Waals surface area contributed by atoms with Crippen LogP contribution in [0.3, 0.4) is 0 Å². The molecule has 0 amide bonds. The molecule has 1 aliphatic rings. The molecule has 1 N–H and O–H groups in total. The fraction of sp³-hybridized carbons (Fsp3) is 0.545. The molecule has 0 aromatic carbocycles. The lowest BCUT2D eigenvalue weighted by Crippen LogP contribution is -2.61. The number of hydrogen-bond donors (Lipinski definition) is 1. The summed E-state index contributed by atoms with van der Waals surface area (Å²) in [7, 11) is 0. The molecular formula is C11H15ClN2O. The van der Waals surface area contributed by atoms with Crippen molar-refractivity contribution < 1.29 is 4.74 Å². The number of hydrogen-bond acceptors (Lipinski definition) is 3. The molecule has 1 saturated heterocycles. The Balaban J connectivity index is 1.86. The average molecular weight is 227 g/mol. The largest absolute Gasteiger partial charge is 0.490 e. The third-order valence-electron chi connectivity index (χ3n) is 2.86. The van der Waals surface area contributed by atoms with Gasteiger partial charge in [-0.3, -0.25) is 0 Å². The van der Waals surface area contributed by atoms with Gasteiger partial charge in [-0.15, -0.1) is 0 Å². The standard InChI is InChI=1S/C11H15ClN2O/c1-11(2)7-14-9(11)6-15-8-3-4-10(12)13-5-8/h3-5,9,14H,6-7H2,1-2H3/t9-/m0/s1. The van der Waals surface area contributed by atoms with E-state index in [-0.39, 0.29) is 0 Å². The molecule has 82 valence electrons. The van der Waals surface area contributed by atoms with Crippen molar-refractivity contribution in [3.63, 3.8) is 0 Å². The number of aromatic nitrogens is 1. The molecule has 0 aliphatic carbocycles. The van der Waals surface area contributed by atoms with Crippen molar-refractivity contribution >= 4 is 11.6 Å². The summed E-state index contributed by atoms with van der Waals surface area (Å²) < 4.78 is 5.62. The SMILES string of the molecule is CC1(C)CN[C@H]1COc1ccc(Cl)nc1. The number of nitrogens with one attached hydrogen (secondary N) is 1. The van der Waals surface area contributed by atoms with E-state index in [1.807, 2.05) is 6.07 Å². The minimum Gasteiger partial charge on any atom is -0.490 e. The summed E-state index contributed by atoms with van der Waals surface area (Å²) in [4.78, 5) is 3.96. The molecule has 15 heavy (non-hydrogen) atoms. The van der Waals surface area contributed by atoms with Crippen LogP contribution in [0.25, 0.3) is 0 Å². The zero-order valence-corrected chi connectivity index (χ0v) is 9.71. The van der Waals surface area contributed by atoms with E-state index in [0.717, 1.165) is 12.3 Å². The van der Waals surface area contributed by atoms with E-state index >= 15 is 0 Å². The Bertz CT molecular complexity index is 337. The van der Waals surface area contributed by atoms with Crippen molar-refractivity contribution in [3.8, 4) is 5.75 Å². The van der Waals surface area contributed by atoms with Gasteiger partial charge in [0.05, 0.1) is 6.20 Å². The first-order chi connectivity index (χ1) is 7.08. The van der Waals surface area contributed by atoms with E-state index in [9.17, 15) is 0 Å². The Morgan fingerprint density at radius 2 is 2.40 bits per heavy atom. The van der Waals surface area contributed by atoms with Gasteiger partial charge in [0, 0.05) is 12.6 Å². The van der Waals surface area contributed by atoms with Gasteiger partial charge in [0.15, 0.2) is 0 Å². The molecule has 3 nitrogen and oxygen atoms in total. The van der Waals surface area contributed by atoms with E-state index in [2.05, 4.69) is 24.1 Å². The van der Waals surface area contributed by atoms with Crippen LogP contribution in [0, 0.1) is 5.41 Å². The van der Waals surface area contributed by atoms with Crippen molar-refractivity contribution in [1.82, 2.24) is 10.3 Å². The second-order valence-electron chi connectivity index (χ2n) is 4.55. The number of halogens is 1. The van der Waals surface area contributed by atoms with E-state index in [1.54, 1.807) is 12.3 Å². The molecule has 2 heterocycles. The second-order valence-corrected chi connectivity index (χ2v) is 4.94. The molecular weight excluding hydrogens is 212 g/mol. The quantitative estimate of drug-likeness (QED) is 0.802. The predicted octanol–water partition coefficient (Wildman–Crippen LogP) is 2.11. The summed E-state index contributed by atoms with van der Waals surface area (Å²) in [5, 5.41) is 3.84. The average Bonchev–Trinajstić information content (AvgIpc) is 2.20.